The summed E-state index contributed by atoms with van der Waals surface area (Å²) in [6.45, 7) is 12.2. The molecule has 0 unspecified atom stereocenters. The van der Waals surface area contributed by atoms with Crippen molar-refractivity contribution in [2.45, 2.75) is 136 Å². The second kappa shape index (κ2) is 14.3. The highest BCUT2D eigenvalue weighted by Gasteiger charge is 2.52. The molecule has 6 heteroatoms. The first-order valence-electron chi connectivity index (χ1n) is 12.5. The summed E-state index contributed by atoms with van der Waals surface area (Å²) in [6, 6.07) is 0. The molecule has 0 amide bonds. The molecule has 0 radical (unpaired) electrons. The van der Waals surface area contributed by atoms with Gasteiger partial charge in [0.1, 0.15) is 0 Å². The van der Waals surface area contributed by atoms with E-state index in [9.17, 15) is 4.79 Å². The number of unbranched alkanes of at least 4 members (excludes halogenated alkanes) is 9. The minimum atomic E-state index is -0.566. The van der Waals surface area contributed by atoms with Crippen molar-refractivity contribution in [3.8, 4) is 0 Å². The number of carbonyl (C=O) groups is 1. The van der Waals surface area contributed by atoms with Crippen molar-refractivity contribution >= 4 is 13.1 Å². The maximum Gasteiger partial charge on any atom is 0.493 e. The average Bonchev–Trinajstić information content (AvgIpc) is 2.89. The predicted molar refractivity (Wildman–Crippen MR) is 127 cm³/mol. The van der Waals surface area contributed by atoms with Gasteiger partial charge in [-0.15, -0.1) is 0 Å². The fourth-order valence-electron chi connectivity index (χ4n) is 3.75. The van der Waals surface area contributed by atoms with Crippen LogP contribution in [0.4, 0.5) is 4.39 Å². The van der Waals surface area contributed by atoms with E-state index in [0.29, 0.717) is 19.4 Å². The molecule has 0 bridgehead atoms. The summed E-state index contributed by atoms with van der Waals surface area (Å²) < 4.78 is 32.4. The standard InChI is InChI=1S/C25H46BFO4/c1-7-8-9-15-18-22(26-30-24(3,4)25(5,6)31-26)23(27)19-16-13-11-10-12-14-17-20-29-21(2)28/h7-20H2,1-6H3/b23-22-. The molecule has 1 heterocycles. The van der Waals surface area contributed by atoms with Crippen LogP contribution in [-0.2, 0) is 18.8 Å². The fourth-order valence-corrected chi connectivity index (χ4v) is 3.75. The van der Waals surface area contributed by atoms with Crippen LogP contribution in [0.25, 0.3) is 0 Å². The van der Waals surface area contributed by atoms with E-state index in [0.717, 1.165) is 63.3 Å². The first-order chi connectivity index (χ1) is 14.6. The van der Waals surface area contributed by atoms with E-state index in [-0.39, 0.29) is 11.8 Å². The Balaban J connectivity index is 2.44. The van der Waals surface area contributed by atoms with Gasteiger partial charge < -0.3 is 14.0 Å². The van der Waals surface area contributed by atoms with Crippen molar-refractivity contribution in [2.75, 3.05) is 6.61 Å². The number of ether oxygens (including phenoxy) is 1. The first-order valence-corrected chi connectivity index (χ1v) is 12.5. The van der Waals surface area contributed by atoms with Crippen molar-refractivity contribution in [1.29, 1.82) is 0 Å². The monoisotopic (exact) mass is 440 g/mol. The van der Waals surface area contributed by atoms with E-state index in [4.69, 9.17) is 14.0 Å². The third-order valence-corrected chi connectivity index (χ3v) is 6.53. The third-order valence-electron chi connectivity index (χ3n) is 6.53. The number of halogens is 1. The SMILES string of the molecule is CCCCCC/C(B1OC(C)(C)C(C)(C)O1)=C(/F)CCCCCCCCCOC(C)=O. The number of hydrogen-bond donors (Lipinski definition) is 0. The molecule has 0 atom stereocenters. The maximum atomic E-state index is 15.2. The van der Waals surface area contributed by atoms with Gasteiger partial charge in [0.15, 0.2) is 0 Å². The summed E-state index contributed by atoms with van der Waals surface area (Å²) in [4.78, 5) is 10.7. The Labute approximate surface area is 190 Å². The number of allylic oxidation sites excluding steroid dienone is 2. The average molecular weight is 440 g/mol. The van der Waals surface area contributed by atoms with Crippen LogP contribution in [0.2, 0.25) is 0 Å². The number of hydrogen-bond acceptors (Lipinski definition) is 4. The summed E-state index contributed by atoms with van der Waals surface area (Å²) >= 11 is 0. The summed E-state index contributed by atoms with van der Waals surface area (Å²) in [7, 11) is -0.566. The van der Waals surface area contributed by atoms with Crippen molar-refractivity contribution < 1.29 is 23.2 Å². The molecule has 0 aromatic carbocycles. The van der Waals surface area contributed by atoms with Gasteiger partial charge in [0.25, 0.3) is 0 Å². The molecule has 0 aromatic rings. The van der Waals surface area contributed by atoms with Crippen molar-refractivity contribution in [1.82, 2.24) is 0 Å². The van der Waals surface area contributed by atoms with Crippen LogP contribution < -0.4 is 0 Å². The Morgan fingerprint density at radius 1 is 0.806 bits per heavy atom. The predicted octanol–water partition coefficient (Wildman–Crippen LogP) is 7.50. The van der Waals surface area contributed by atoms with Gasteiger partial charge in [0.2, 0.25) is 0 Å². The Kier molecular flexibility index (Phi) is 13.0. The Bertz CT molecular complexity index is 544. The van der Waals surface area contributed by atoms with Crippen molar-refractivity contribution in [3.63, 3.8) is 0 Å². The molecule has 0 spiro atoms. The molecule has 1 saturated heterocycles. The summed E-state index contributed by atoms with van der Waals surface area (Å²) in [5, 5.41) is 0. The lowest BCUT2D eigenvalue weighted by atomic mass is 9.74. The minimum absolute atomic E-state index is 0.0311. The minimum Gasteiger partial charge on any atom is -0.466 e. The second-order valence-electron chi connectivity index (χ2n) is 9.89. The van der Waals surface area contributed by atoms with E-state index >= 15 is 4.39 Å². The molecule has 0 aliphatic carbocycles. The van der Waals surface area contributed by atoms with Crippen LogP contribution in [-0.4, -0.2) is 30.9 Å². The summed E-state index contributed by atoms with van der Waals surface area (Å²) in [6.07, 6.45) is 12.9. The fraction of sp³-hybridized carbons (Fsp3) is 0.880. The third kappa shape index (κ3) is 10.5. The molecule has 0 aromatic heterocycles. The van der Waals surface area contributed by atoms with Gasteiger partial charge in [0.05, 0.1) is 23.6 Å². The highest BCUT2D eigenvalue weighted by atomic mass is 19.1. The topological polar surface area (TPSA) is 44.8 Å². The van der Waals surface area contributed by atoms with Crippen LogP contribution in [0.5, 0.6) is 0 Å². The number of carbonyl (C=O) groups excluding carboxylic acids is 1. The van der Waals surface area contributed by atoms with Crippen molar-refractivity contribution in [2.24, 2.45) is 0 Å². The zero-order chi connectivity index (χ0) is 23.3. The smallest absolute Gasteiger partial charge is 0.466 e. The van der Waals surface area contributed by atoms with E-state index in [1.54, 1.807) is 0 Å². The summed E-state index contributed by atoms with van der Waals surface area (Å²) in [5.41, 5.74) is -0.162. The Hall–Kier alpha value is -0.875. The van der Waals surface area contributed by atoms with Gasteiger partial charge in [-0.3, -0.25) is 4.79 Å². The van der Waals surface area contributed by atoms with Gasteiger partial charge in [0, 0.05) is 6.92 Å². The van der Waals surface area contributed by atoms with Crippen LogP contribution in [0, 0.1) is 0 Å². The molecule has 1 rings (SSSR count). The molecule has 1 fully saturated rings. The first kappa shape index (κ1) is 28.2. The van der Waals surface area contributed by atoms with Gasteiger partial charge in [-0.05, 0) is 58.9 Å². The largest absolute Gasteiger partial charge is 0.493 e. The zero-order valence-corrected chi connectivity index (χ0v) is 21.0. The number of esters is 1. The summed E-state index contributed by atoms with van der Waals surface area (Å²) in [5.74, 6) is -0.239. The Morgan fingerprint density at radius 3 is 1.84 bits per heavy atom. The lowest BCUT2D eigenvalue weighted by Crippen LogP contribution is -2.41. The van der Waals surface area contributed by atoms with Gasteiger partial charge >= 0.3 is 13.1 Å². The lowest BCUT2D eigenvalue weighted by Gasteiger charge is -2.32. The zero-order valence-electron chi connectivity index (χ0n) is 21.0. The molecule has 0 N–H and O–H groups in total. The van der Waals surface area contributed by atoms with E-state index in [1.165, 1.54) is 19.8 Å². The molecular weight excluding hydrogens is 394 g/mol. The maximum absolute atomic E-state index is 15.2. The highest BCUT2D eigenvalue weighted by Crippen LogP contribution is 2.40. The van der Waals surface area contributed by atoms with Crippen LogP contribution in [0.1, 0.15) is 125 Å². The molecular formula is C25H46BFO4. The molecule has 4 nitrogen and oxygen atoms in total. The van der Waals surface area contributed by atoms with Crippen LogP contribution in [0.3, 0.4) is 0 Å². The van der Waals surface area contributed by atoms with Crippen LogP contribution >= 0.6 is 0 Å². The van der Waals surface area contributed by atoms with Crippen molar-refractivity contribution in [3.05, 3.63) is 11.3 Å². The van der Waals surface area contributed by atoms with Crippen LogP contribution in [0.15, 0.2) is 11.3 Å². The lowest BCUT2D eigenvalue weighted by molar-refractivity contribution is -0.141. The van der Waals surface area contributed by atoms with E-state index < -0.39 is 18.3 Å². The van der Waals surface area contributed by atoms with E-state index in [1.807, 2.05) is 27.7 Å². The highest BCUT2D eigenvalue weighted by molar-refractivity contribution is 6.54. The second-order valence-corrected chi connectivity index (χ2v) is 9.89. The number of rotatable bonds is 16. The molecule has 1 aliphatic rings. The molecule has 0 saturated carbocycles. The molecule has 180 valence electrons. The molecule has 1 aliphatic heterocycles. The molecule has 31 heavy (non-hydrogen) atoms. The van der Waals surface area contributed by atoms with Gasteiger partial charge in [-0.1, -0.05) is 64.7 Å². The Morgan fingerprint density at radius 2 is 1.29 bits per heavy atom. The quantitative estimate of drug-likeness (QED) is 0.142. The van der Waals surface area contributed by atoms with Gasteiger partial charge in [-0.25, -0.2) is 4.39 Å². The van der Waals surface area contributed by atoms with E-state index in [2.05, 4.69) is 6.92 Å². The normalized spacial score (nSPS) is 18.2. The van der Waals surface area contributed by atoms with Gasteiger partial charge in [-0.2, -0.15) is 0 Å².